The molecular formula is C22H17F4N5. The summed E-state index contributed by atoms with van der Waals surface area (Å²) in [5.41, 5.74) is 1.34. The highest BCUT2D eigenvalue weighted by Crippen LogP contribution is 2.38. The van der Waals surface area contributed by atoms with E-state index in [0.29, 0.717) is 35.4 Å². The van der Waals surface area contributed by atoms with Gasteiger partial charge < -0.3 is 5.32 Å². The number of alkyl halides is 3. The zero-order valence-electron chi connectivity index (χ0n) is 16.2. The third kappa shape index (κ3) is 3.60. The molecule has 0 unspecified atom stereocenters. The standard InChI is InChI=1S/C22H17F4N5/c23-12-9-10-18-15(11-12)21(31-30-18)29-20-14-6-2-4-8-17(14)27-19(28-20)13-5-1-3-7-16(13)22(24,25)26/h1,3,5,7,9-11H,2,4,6,8H2,(H2,27,28,29,30,31). The van der Waals surface area contributed by atoms with Crippen LogP contribution in [0.25, 0.3) is 22.3 Å². The molecule has 0 atom stereocenters. The Morgan fingerprint density at radius 2 is 1.74 bits per heavy atom. The molecule has 2 aromatic carbocycles. The van der Waals surface area contributed by atoms with E-state index in [2.05, 4.69) is 25.5 Å². The number of H-pyrrole nitrogens is 1. The summed E-state index contributed by atoms with van der Waals surface area (Å²) in [7, 11) is 0. The lowest BCUT2D eigenvalue weighted by molar-refractivity contribution is -0.137. The molecule has 5 rings (SSSR count). The number of benzene rings is 2. The highest BCUT2D eigenvalue weighted by atomic mass is 19.4. The Balaban J connectivity index is 1.65. The quantitative estimate of drug-likeness (QED) is 0.406. The highest BCUT2D eigenvalue weighted by molar-refractivity contribution is 5.91. The fourth-order valence-electron chi connectivity index (χ4n) is 3.94. The summed E-state index contributed by atoms with van der Waals surface area (Å²) in [6.45, 7) is 0. The van der Waals surface area contributed by atoms with Crippen LogP contribution in [-0.2, 0) is 19.0 Å². The first kappa shape index (κ1) is 19.5. The Kier molecular flexibility index (Phi) is 4.60. The Hall–Kier alpha value is -3.49. The number of aromatic nitrogens is 4. The lowest BCUT2D eigenvalue weighted by atomic mass is 9.95. The van der Waals surface area contributed by atoms with Crippen molar-refractivity contribution in [1.29, 1.82) is 0 Å². The molecule has 0 aliphatic heterocycles. The maximum absolute atomic E-state index is 13.7. The number of anilines is 2. The Labute approximate surface area is 174 Å². The second-order valence-corrected chi connectivity index (χ2v) is 7.46. The molecule has 0 bridgehead atoms. The second kappa shape index (κ2) is 7.33. The summed E-state index contributed by atoms with van der Waals surface area (Å²) in [5.74, 6) is 0.342. The average Bonchev–Trinajstić information content (AvgIpc) is 3.15. The minimum absolute atomic E-state index is 0.00194. The number of aryl methyl sites for hydroxylation is 1. The molecule has 9 heteroatoms. The molecule has 0 amide bonds. The number of nitrogens with one attached hydrogen (secondary N) is 2. The van der Waals surface area contributed by atoms with Crippen molar-refractivity contribution in [1.82, 2.24) is 20.2 Å². The van der Waals surface area contributed by atoms with Crippen molar-refractivity contribution in [3.05, 3.63) is 65.1 Å². The fraction of sp³-hybridized carbons (Fsp3) is 0.227. The van der Waals surface area contributed by atoms with E-state index in [4.69, 9.17) is 0 Å². The van der Waals surface area contributed by atoms with Crippen LogP contribution in [0.15, 0.2) is 42.5 Å². The molecule has 2 heterocycles. The zero-order valence-corrected chi connectivity index (χ0v) is 16.2. The minimum Gasteiger partial charge on any atom is -0.323 e. The van der Waals surface area contributed by atoms with Crippen LogP contribution in [0.2, 0.25) is 0 Å². The van der Waals surface area contributed by atoms with Crippen molar-refractivity contribution >= 4 is 22.5 Å². The van der Waals surface area contributed by atoms with E-state index in [9.17, 15) is 17.6 Å². The molecule has 1 aliphatic rings. The average molecular weight is 427 g/mol. The first-order valence-electron chi connectivity index (χ1n) is 9.87. The Morgan fingerprint density at radius 1 is 0.935 bits per heavy atom. The molecule has 0 fully saturated rings. The van der Waals surface area contributed by atoms with E-state index >= 15 is 0 Å². The molecule has 4 aromatic rings. The van der Waals surface area contributed by atoms with E-state index in [0.717, 1.165) is 30.2 Å². The molecule has 2 aromatic heterocycles. The zero-order chi connectivity index (χ0) is 21.6. The van der Waals surface area contributed by atoms with Crippen molar-refractivity contribution in [2.75, 3.05) is 5.32 Å². The maximum atomic E-state index is 13.7. The van der Waals surface area contributed by atoms with Gasteiger partial charge in [0.1, 0.15) is 11.6 Å². The van der Waals surface area contributed by atoms with Crippen molar-refractivity contribution < 1.29 is 17.6 Å². The number of rotatable bonds is 3. The predicted molar refractivity (Wildman–Crippen MR) is 108 cm³/mol. The van der Waals surface area contributed by atoms with Gasteiger partial charge in [0.15, 0.2) is 11.6 Å². The van der Waals surface area contributed by atoms with Gasteiger partial charge in [0, 0.05) is 22.2 Å². The van der Waals surface area contributed by atoms with E-state index in [1.807, 2.05) is 0 Å². The SMILES string of the molecule is Fc1ccc2[nH]nc(Nc3nc(-c4ccccc4C(F)(F)F)nc4c3CCCC4)c2c1. The van der Waals surface area contributed by atoms with Crippen LogP contribution in [0.4, 0.5) is 29.2 Å². The van der Waals surface area contributed by atoms with Crippen LogP contribution in [0.5, 0.6) is 0 Å². The minimum atomic E-state index is -4.53. The van der Waals surface area contributed by atoms with Crippen LogP contribution >= 0.6 is 0 Å². The van der Waals surface area contributed by atoms with Gasteiger partial charge in [-0.25, -0.2) is 14.4 Å². The monoisotopic (exact) mass is 427 g/mol. The van der Waals surface area contributed by atoms with E-state index < -0.39 is 17.6 Å². The molecule has 2 N–H and O–H groups in total. The molecule has 31 heavy (non-hydrogen) atoms. The maximum Gasteiger partial charge on any atom is 0.417 e. The third-order valence-electron chi connectivity index (χ3n) is 5.42. The summed E-state index contributed by atoms with van der Waals surface area (Å²) in [6, 6.07) is 9.51. The summed E-state index contributed by atoms with van der Waals surface area (Å²) in [6.07, 6.45) is -1.33. The molecule has 0 saturated carbocycles. The van der Waals surface area contributed by atoms with Crippen molar-refractivity contribution in [2.45, 2.75) is 31.9 Å². The van der Waals surface area contributed by atoms with Crippen molar-refractivity contribution in [3.63, 3.8) is 0 Å². The number of halogens is 4. The van der Waals surface area contributed by atoms with Crippen LogP contribution < -0.4 is 5.32 Å². The van der Waals surface area contributed by atoms with Crippen LogP contribution in [0.1, 0.15) is 29.7 Å². The molecule has 5 nitrogen and oxygen atoms in total. The fourth-order valence-corrected chi connectivity index (χ4v) is 3.94. The van der Waals surface area contributed by atoms with Gasteiger partial charge in [-0.15, -0.1) is 0 Å². The van der Waals surface area contributed by atoms with E-state index in [1.54, 1.807) is 6.07 Å². The van der Waals surface area contributed by atoms with E-state index in [1.165, 1.54) is 30.3 Å². The first-order valence-corrected chi connectivity index (χ1v) is 9.87. The summed E-state index contributed by atoms with van der Waals surface area (Å²) in [5, 5.41) is 10.7. The van der Waals surface area contributed by atoms with Crippen LogP contribution in [-0.4, -0.2) is 20.2 Å². The normalized spacial score (nSPS) is 13.9. The number of fused-ring (bicyclic) bond motifs is 2. The van der Waals surface area contributed by atoms with Gasteiger partial charge in [0.2, 0.25) is 0 Å². The number of hydrogen-bond acceptors (Lipinski definition) is 4. The van der Waals surface area contributed by atoms with Gasteiger partial charge >= 0.3 is 6.18 Å². The molecule has 0 spiro atoms. The molecule has 1 aliphatic carbocycles. The largest absolute Gasteiger partial charge is 0.417 e. The van der Waals surface area contributed by atoms with Crippen molar-refractivity contribution in [2.24, 2.45) is 0 Å². The predicted octanol–water partition coefficient (Wildman–Crippen LogP) is 5.80. The van der Waals surface area contributed by atoms with Crippen LogP contribution in [0.3, 0.4) is 0 Å². The first-order chi connectivity index (χ1) is 14.9. The number of aromatic amines is 1. The lowest BCUT2D eigenvalue weighted by Crippen LogP contribution is -2.14. The highest BCUT2D eigenvalue weighted by Gasteiger charge is 2.34. The lowest BCUT2D eigenvalue weighted by Gasteiger charge is -2.20. The van der Waals surface area contributed by atoms with Gasteiger partial charge in [-0.3, -0.25) is 5.10 Å². The number of hydrogen-bond donors (Lipinski definition) is 2. The van der Waals surface area contributed by atoms with Gasteiger partial charge in [0.25, 0.3) is 0 Å². The topological polar surface area (TPSA) is 66.5 Å². The van der Waals surface area contributed by atoms with Crippen molar-refractivity contribution in [3.8, 4) is 11.4 Å². The molecule has 158 valence electrons. The Morgan fingerprint density at radius 3 is 2.58 bits per heavy atom. The third-order valence-corrected chi connectivity index (χ3v) is 5.42. The summed E-state index contributed by atoms with van der Waals surface area (Å²) >= 11 is 0. The van der Waals surface area contributed by atoms with Gasteiger partial charge in [-0.05, 0) is 49.9 Å². The Bertz CT molecular complexity index is 1280. The summed E-state index contributed by atoms with van der Waals surface area (Å²) < 4.78 is 54.5. The summed E-state index contributed by atoms with van der Waals surface area (Å²) in [4.78, 5) is 8.95. The molecular weight excluding hydrogens is 410 g/mol. The van der Waals surface area contributed by atoms with Crippen LogP contribution in [0, 0.1) is 5.82 Å². The molecule has 0 radical (unpaired) electrons. The second-order valence-electron chi connectivity index (χ2n) is 7.46. The smallest absolute Gasteiger partial charge is 0.323 e. The van der Waals surface area contributed by atoms with Gasteiger partial charge in [0.05, 0.1) is 11.1 Å². The van der Waals surface area contributed by atoms with Gasteiger partial charge in [-0.1, -0.05) is 18.2 Å². The molecule has 0 saturated heterocycles. The van der Waals surface area contributed by atoms with Gasteiger partial charge in [-0.2, -0.15) is 18.3 Å². The van der Waals surface area contributed by atoms with E-state index in [-0.39, 0.29) is 11.4 Å². The number of nitrogens with zero attached hydrogens (tertiary/aromatic N) is 3.